The lowest BCUT2D eigenvalue weighted by Gasteiger charge is -2.37. The van der Waals surface area contributed by atoms with E-state index in [9.17, 15) is 0 Å². The van der Waals surface area contributed by atoms with Gasteiger partial charge in [-0.3, -0.25) is 0 Å². The summed E-state index contributed by atoms with van der Waals surface area (Å²) in [6.07, 6.45) is 8.51. The first-order valence-electron chi connectivity index (χ1n) is 6.71. The van der Waals surface area contributed by atoms with Gasteiger partial charge in [-0.1, -0.05) is 19.8 Å². The van der Waals surface area contributed by atoms with Crippen LogP contribution in [-0.2, 0) is 0 Å². The third-order valence-electron chi connectivity index (χ3n) is 4.30. The molecule has 0 radical (unpaired) electrons. The van der Waals surface area contributed by atoms with Crippen LogP contribution >= 0.6 is 0 Å². The van der Waals surface area contributed by atoms with Crippen molar-refractivity contribution in [3.05, 3.63) is 0 Å². The van der Waals surface area contributed by atoms with Crippen LogP contribution in [0.1, 0.15) is 45.4 Å². The molecule has 1 N–H and O–H groups in total. The van der Waals surface area contributed by atoms with Crippen molar-refractivity contribution >= 4 is 0 Å². The molecule has 2 unspecified atom stereocenters. The molecule has 0 spiro atoms. The molecule has 1 aliphatic carbocycles. The molecule has 15 heavy (non-hydrogen) atoms. The zero-order valence-corrected chi connectivity index (χ0v) is 10.3. The first kappa shape index (κ1) is 11.4. The van der Waals surface area contributed by atoms with Gasteiger partial charge in [0.2, 0.25) is 0 Å². The van der Waals surface area contributed by atoms with Crippen LogP contribution in [0.25, 0.3) is 0 Å². The first-order valence-corrected chi connectivity index (χ1v) is 6.71. The number of nitrogens with zero attached hydrogens (tertiary/aromatic N) is 1. The summed E-state index contributed by atoms with van der Waals surface area (Å²) in [5.74, 6) is 0.908. The van der Waals surface area contributed by atoms with Gasteiger partial charge in [-0.2, -0.15) is 0 Å². The van der Waals surface area contributed by atoms with E-state index in [2.05, 4.69) is 24.2 Å². The fourth-order valence-electron chi connectivity index (χ4n) is 3.35. The molecule has 1 saturated carbocycles. The van der Waals surface area contributed by atoms with Crippen molar-refractivity contribution in [1.29, 1.82) is 0 Å². The molecule has 3 atom stereocenters. The van der Waals surface area contributed by atoms with Gasteiger partial charge >= 0.3 is 0 Å². The monoisotopic (exact) mass is 210 g/mol. The van der Waals surface area contributed by atoms with Gasteiger partial charge in [0.25, 0.3) is 0 Å². The van der Waals surface area contributed by atoms with Gasteiger partial charge in [0.15, 0.2) is 0 Å². The van der Waals surface area contributed by atoms with E-state index in [1.165, 1.54) is 51.6 Å². The number of hydrogen-bond acceptors (Lipinski definition) is 2. The van der Waals surface area contributed by atoms with E-state index in [0.29, 0.717) is 0 Å². The van der Waals surface area contributed by atoms with Gasteiger partial charge in [-0.15, -0.1) is 0 Å². The van der Waals surface area contributed by atoms with Crippen LogP contribution in [0.15, 0.2) is 0 Å². The SMILES string of the molecule is CC1CCCCC1N(C)C[C@H]1CCCN1. The second kappa shape index (κ2) is 5.31. The van der Waals surface area contributed by atoms with E-state index in [0.717, 1.165) is 18.0 Å². The zero-order chi connectivity index (χ0) is 10.7. The smallest absolute Gasteiger partial charge is 0.0195 e. The highest BCUT2D eigenvalue weighted by molar-refractivity contribution is 4.83. The number of likely N-dealkylation sites (N-methyl/N-ethyl adjacent to an activating group) is 1. The summed E-state index contributed by atoms with van der Waals surface area (Å²) in [5, 5.41) is 3.60. The summed E-state index contributed by atoms with van der Waals surface area (Å²) >= 11 is 0. The van der Waals surface area contributed by atoms with Crippen molar-refractivity contribution in [2.45, 2.75) is 57.5 Å². The van der Waals surface area contributed by atoms with Crippen LogP contribution in [0.5, 0.6) is 0 Å². The first-order chi connectivity index (χ1) is 7.27. The Morgan fingerprint density at radius 1 is 1.13 bits per heavy atom. The average Bonchev–Trinajstić information content (AvgIpc) is 2.71. The number of nitrogens with one attached hydrogen (secondary N) is 1. The molecule has 2 nitrogen and oxygen atoms in total. The lowest BCUT2D eigenvalue weighted by Crippen LogP contribution is -2.44. The van der Waals surface area contributed by atoms with Crippen LogP contribution in [-0.4, -0.2) is 37.1 Å². The molecule has 0 amide bonds. The van der Waals surface area contributed by atoms with E-state index in [4.69, 9.17) is 0 Å². The second-order valence-corrected chi connectivity index (χ2v) is 5.56. The van der Waals surface area contributed by atoms with Crippen LogP contribution < -0.4 is 5.32 Å². The van der Waals surface area contributed by atoms with Crippen LogP contribution in [0.2, 0.25) is 0 Å². The van der Waals surface area contributed by atoms with E-state index in [1.54, 1.807) is 0 Å². The molecule has 88 valence electrons. The molecule has 1 aliphatic heterocycles. The summed E-state index contributed by atoms with van der Waals surface area (Å²) in [6, 6.07) is 1.62. The fourth-order valence-corrected chi connectivity index (χ4v) is 3.35. The molecule has 2 heteroatoms. The highest BCUT2D eigenvalue weighted by atomic mass is 15.2. The average molecular weight is 210 g/mol. The lowest BCUT2D eigenvalue weighted by molar-refractivity contribution is 0.130. The molecule has 2 rings (SSSR count). The van der Waals surface area contributed by atoms with E-state index >= 15 is 0 Å². The summed E-state index contributed by atoms with van der Waals surface area (Å²) in [6.45, 7) is 4.93. The molecule has 2 aliphatic rings. The van der Waals surface area contributed by atoms with Crippen LogP contribution in [0, 0.1) is 5.92 Å². The maximum Gasteiger partial charge on any atom is 0.0195 e. The normalized spacial score (nSPS) is 37.4. The highest BCUT2D eigenvalue weighted by Crippen LogP contribution is 2.27. The van der Waals surface area contributed by atoms with E-state index < -0.39 is 0 Å². The Labute approximate surface area is 94.4 Å². The van der Waals surface area contributed by atoms with Crippen molar-refractivity contribution in [3.63, 3.8) is 0 Å². The fraction of sp³-hybridized carbons (Fsp3) is 1.00. The summed E-state index contributed by atoms with van der Waals surface area (Å²) in [4.78, 5) is 2.62. The standard InChI is InChI=1S/C13H26N2/c1-11-6-3-4-8-13(11)15(2)10-12-7-5-9-14-12/h11-14H,3-10H2,1-2H3/t11?,12-,13?/m1/s1. The second-order valence-electron chi connectivity index (χ2n) is 5.56. The largest absolute Gasteiger partial charge is 0.313 e. The van der Waals surface area contributed by atoms with Crippen molar-refractivity contribution < 1.29 is 0 Å². The van der Waals surface area contributed by atoms with Crippen LogP contribution in [0.4, 0.5) is 0 Å². The van der Waals surface area contributed by atoms with Gasteiger partial charge in [-0.05, 0) is 45.2 Å². The molecule has 1 saturated heterocycles. The third kappa shape index (κ3) is 2.94. The van der Waals surface area contributed by atoms with Gasteiger partial charge in [0, 0.05) is 18.6 Å². The number of hydrogen-bond donors (Lipinski definition) is 1. The summed E-state index contributed by atoms with van der Waals surface area (Å²) in [7, 11) is 2.33. The van der Waals surface area contributed by atoms with E-state index in [1.807, 2.05) is 0 Å². The van der Waals surface area contributed by atoms with Crippen molar-refractivity contribution in [1.82, 2.24) is 10.2 Å². The van der Waals surface area contributed by atoms with E-state index in [-0.39, 0.29) is 0 Å². The maximum atomic E-state index is 3.60. The molecule has 0 aromatic rings. The number of rotatable bonds is 3. The third-order valence-corrected chi connectivity index (χ3v) is 4.30. The van der Waals surface area contributed by atoms with Gasteiger partial charge in [0.05, 0.1) is 0 Å². The minimum absolute atomic E-state index is 0.768. The molecule has 0 aromatic carbocycles. The Morgan fingerprint density at radius 2 is 1.93 bits per heavy atom. The topological polar surface area (TPSA) is 15.3 Å². The van der Waals surface area contributed by atoms with Crippen LogP contribution in [0.3, 0.4) is 0 Å². The Kier molecular flexibility index (Phi) is 4.04. The Morgan fingerprint density at radius 3 is 2.60 bits per heavy atom. The maximum absolute atomic E-state index is 3.60. The molecular formula is C13H26N2. The molecular weight excluding hydrogens is 184 g/mol. The minimum Gasteiger partial charge on any atom is -0.313 e. The van der Waals surface area contributed by atoms with Gasteiger partial charge in [0.1, 0.15) is 0 Å². The Balaban J connectivity index is 1.80. The van der Waals surface area contributed by atoms with Gasteiger partial charge in [-0.25, -0.2) is 0 Å². The molecule has 0 aromatic heterocycles. The van der Waals surface area contributed by atoms with Crippen molar-refractivity contribution in [2.75, 3.05) is 20.1 Å². The van der Waals surface area contributed by atoms with Gasteiger partial charge < -0.3 is 10.2 Å². The Hall–Kier alpha value is -0.0800. The minimum atomic E-state index is 0.768. The zero-order valence-electron chi connectivity index (χ0n) is 10.3. The Bertz CT molecular complexity index is 187. The van der Waals surface area contributed by atoms with Crippen molar-refractivity contribution in [2.24, 2.45) is 5.92 Å². The lowest BCUT2D eigenvalue weighted by atomic mass is 9.85. The molecule has 2 fully saturated rings. The summed E-state index contributed by atoms with van der Waals surface area (Å²) < 4.78 is 0. The molecule has 1 heterocycles. The molecule has 0 bridgehead atoms. The predicted molar refractivity (Wildman–Crippen MR) is 65.1 cm³/mol. The summed E-state index contributed by atoms with van der Waals surface area (Å²) in [5.41, 5.74) is 0. The van der Waals surface area contributed by atoms with Crippen molar-refractivity contribution in [3.8, 4) is 0 Å². The highest BCUT2D eigenvalue weighted by Gasteiger charge is 2.26. The quantitative estimate of drug-likeness (QED) is 0.768. The predicted octanol–water partition coefficient (Wildman–Crippen LogP) is 2.25.